The van der Waals surface area contributed by atoms with Crippen LogP contribution in [-0.4, -0.2) is 24.9 Å². The molecule has 0 fully saturated rings. The molecule has 0 atom stereocenters. The lowest BCUT2D eigenvalue weighted by molar-refractivity contribution is -0.143. The van der Waals surface area contributed by atoms with Gasteiger partial charge >= 0.3 is 11.6 Å². The maximum absolute atomic E-state index is 12.5. The number of aryl methyl sites for hydroxylation is 1. The van der Waals surface area contributed by atoms with E-state index in [0.717, 1.165) is 10.9 Å². The number of carbonyl (C=O) groups excluding carboxylic acids is 1. The van der Waals surface area contributed by atoms with Gasteiger partial charge in [-0.05, 0) is 56.2 Å². The zero-order chi connectivity index (χ0) is 23.3. The number of anilines is 1. The molecule has 3 aromatic rings. The van der Waals surface area contributed by atoms with Gasteiger partial charge < -0.3 is 29.1 Å². The first-order valence-corrected chi connectivity index (χ1v) is 10.0. The number of esters is 1. The van der Waals surface area contributed by atoms with Gasteiger partial charge in [0.15, 0.2) is 0 Å². The summed E-state index contributed by atoms with van der Waals surface area (Å²) in [5, 5.41) is 20.8. The standard InChI is InChI=1S/C23H24NO8/c1-4-30-22(25)10-8-19-14(2)18-7-6-17(12-21(18)32-23(19)26)31-13-15-11-16(24(27)28)5-9-20(15)29-3/h5-7,9,11-12,27H,4,8,10,13H2,1-3H3/q-1. The number of methoxy groups -OCH3 is 1. The highest BCUT2D eigenvalue weighted by Crippen LogP contribution is 2.28. The van der Waals surface area contributed by atoms with Crippen LogP contribution in [0.4, 0.5) is 5.69 Å². The Bertz CT molecular complexity index is 1170. The third-order valence-electron chi connectivity index (χ3n) is 5.02. The molecule has 0 aliphatic heterocycles. The molecule has 0 amide bonds. The molecule has 1 heterocycles. The number of hydrogen-bond acceptors (Lipinski definition) is 9. The third-order valence-corrected chi connectivity index (χ3v) is 5.02. The van der Waals surface area contributed by atoms with Crippen LogP contribution in [0.1, 0.15) is 30.0 Å². The summed E-state index contributed by atoms with van der Waals surface area (Å²) >= 11 is 0. The van der Waals surface area contributed by atoms with E-state index in [2.05, 4.69) is 0 Å². The summed E-state index contributed by atoms with van der Waals surface area (Å²) in [7, 11) is 1.49. The molecule has 9 heteroatoms. The molecule has 1 N–H and O–H groups in total. The second-order valence-corrected chi connectivity index (χ2v) is 7.01. The zero-order valence-corrected chi connectivity index (χ0v) is 18.0. The van der Waals surface area contributed by atoms with Crippen LogP contribution < -0.4 is 20.3 Å². The molecule has 2 aromatic carbocycles. The van der Waals surface area contributed by atoms with Gasteiger partial charge in [0.1, 0.15) is 23.7 Å². The third kappa shape index (κ3) is 5.19. The number of ether oxygens (including phenoxy) is 3. The van der Waals surface area contributed by atoms with Crippen LogP contribution in [0.2, 0.25) is 0 Å². The molecule has 0 saturated carbocycles. The number of benzene rings is 2. The number of carbonyl (C=O) groups is 1. The Labute approximate surface area is 184 Å². The normalized spacial score (nSPS) is 10.8. The van der Waals surface area contributed by atoms with Crippen molar-refractivity contribution in [3.05, 3.63) is 68.7 Å². The van der Waals surface area contributed by atoms with Gasteiger partial charge in [0.25, 0.3) is 0 Å². The van der Waals surface area contributed by atoms with E-state index in [0.29, 0.717) is 28.2 Å². The quantitative estimate of drug-likeness (QED) is 0.299. The molecular weight excluding hydrogens is 418 g/mol. The Kier molecular flexibility index (Phi) is 7.34. The summed E-state index contributed by atoms with van der Waals surface area (Å²) in [4.78, 5) is 24.1. The summed E-state index contributed by atoms with van der Waals surface area (Å²) < 4.78 is 21.4. The first-order chi connectivity index (χ1) is 15.3. The molecule has 0 aliphatic carbocycles. The minimum Gasteiger partial charge on any atom is -0.733 e. The predicted octanol–water partition coefficient (Wildman–Crippen LogP) is 3.88. The summed E-state index contributed by atoms with van der Waals surface area (Å²) in [6, 6.07) is 9.52. The van der Waals surface area contributed by atoms with Crippen LogP contribution in [0.3, 0.4) is 0 Å². The molecule has 0 radical (unpaired) electrons. The minimum absolute atomic E-state index is 0.0416. The number of fused-ring (bicyclic) bond motifs is 1. The lowest BCUT2D eigenvalue weighted by Crippen LogP contribution is -2.13. The second-order valence-electron chi connectivity index (χ2n) is 7.01. The van der Waals surface area contributed by atoms with E-state index in [1.807, 2.05) is 0 Å². The van der Waals surface area contributed by atoms with Crippen molar-refractivity contribution in [2.24, 2.45) is 0 Å². The highest BCUT2D eigenvalue weighted by Gasteiger charge is 2.14. The van der Waals surface area contributed by atoms with Gasteiger partial charge in [0, 0.05) is 29.0 Å². The van der Waals surface area contributed by atoms with Crippen molar-refractivity contribution in [2.45, 2.75) is 33.3 Å². The van der Waals surface area contributed by atoms with Crippen LogP contribution in [0.25, 0.3) is 11.0 Å². The molecule has 3 rings (SSSR count). The smallest absolute Gasteiger partial charge is 0.339 e. The van der Waals surface area contributed by atoms with Gasteiger partial charge in [-0.3, -0.25) is 10.0 Å². The Balaban J connectivity index is 1.82. The average molecular weight is 442 g/mol. The lowest BCUT2D eigenvalue weighted by atomic mass is 10.0. The fourth-order valence-corrected chi connectivity index (χ4v) is 3.37. The largest absolute Gasteiger partial charge is 0.733 e. The number of hydrogen-bond donors (Lipinski definition) is 1. The molecule has 170 valence electrons. The molecule has 0 saturated heterocycles. The second kappa shape index (κ2) is 10.2. The molecule has 9 nitrogen and oxygen atoms in total. The summed E-state index contributed by atoms with van der Waals surface area (Å²) in [6.07, 6.45) is 0.334. The van der Waals surface area contributed by atoms with Crippen LogP contribution in [-0.2, 0) is 22.6 Å². The molecule has 0 bridgehead atoms. The Morgan fingerprint density at radius 2 is 2.00 bits per heavy atom. The van der Waals surface area contributed by atoms with E-state index >= 15 is 0 Å². The fraction of sp³-hybridized carbons (Fsp3) is 0.304. The van der Waals surface area contributed by atoms with Crippen molar-refractivity contribution in [2.75, 3.05) is 18.9 Å². The van der Waals surface area contributed by atoms with Crippen molar-refractivity contribution in [3.8, 4) is 11.5 Å². The molecule has 32 heavy (non-hydrogen) atoms. The van der Waals surface area contributed by atoms with E-state index in [1.165, 1.54) is 19.2 Å². The monoisotopic (exact) mass is 442 g/mol. The molecular formula is C23H24NO8-. The highest BCUT2D eigenvalue weighted by molar-refractivity contribution is 5.82. The van der Waals surface area contributed by atoms with E-state index in [4.69, 9.17) is 23.8 Å². The maximum atomic E-state index is 12.5. The van der Waals surface area contributed by atoms with Crippen LogP contribution >= 0.6 is 0 Å². The Morgan fingerprint density at radius 1 is 1.22 bits per heavy atom. The molecule has 0 spiro atoms. The average Bonchev–Trinajstić information content (AvgIpc) is 2.77. The van der Waals surface area contributed by atoms with E-state index in [9.17, 15) is 14.8 Å². The van der Waals surface area contributed by atoms with Crippen LogP contribution in [0.5, 0.6) is 11.5 Å². The van der Waals surface area contributed by atoms with Crippen molar-refractivity contribution < 1.29 is 28.6 Å². The minimum atomic E-state index is -0.510. The first kappa shape index (κ1) is 23.1. The van der Waals surface area contributed by atoms with Crippen LogP contribution in [0.15, 0.2) is 45.6 Å². The summed E-state index contributed by atoms with van der Waals surface area (Å²) in [5.74, 6) is 0.565. The van der Waals surface area contributed by atoms with Gasteiger partial charge in [-0.2, -0.15) is 0 Å². The zero-order valence-electron chi connectivity index (χ0n) is 18.0. The number of nitrogens with zero attached hydrogens (tertiary/aromatic N) is 1. The van der Waals surface area contributed by atoms with Gasteiger partial charge in [0.05, 0.1) is 19.4 Å². The van der Waals surface area contributed by atoms with Crippen LogP contribution in [0, 0.1) is 12.1 Å². The Morgan fingerprint density at radius 3 is 2.69 bits per heavy atom. The van der Waals surface area contributed by atoms with E-state index in [-0.39, 0.29) is 42.9 Å². The van der Waals surface area contributed by atoms with Gasteiger partial charge in [-0.25, -0.2) is 4.79 Å². The lowest BCUT2D eigenvalue weighted by Gasteiger charge is -2.23. The van der Waals surface area contributed by atoms with Gasteiger partial charge in [0.2, 0.25) is 0 Å². The van der Waals surface area contributed by atoms with Crippen molar-refractivity contribution in [1.82, 2.24) is 0 Å². The predicted molar refractivity (Wildman–Crippen MR) is 117 cm³/mol. The SMILES string of the molecule is CCOC(=O)CCc1c(C)c2ccc(OCc3cc(N([O-])O)ccc3OC)cc2oc1=O. The fourth-order valence-electron chi connectivity index (χ4n) is 3.37. The maximum Gasteiger partial charge on any atom is 0.339 e. The summed E-state index contributed by atoms with van der Waals surface area (Å²) in [5.41, 5.74) is 1.61. The van der Waals surface area contributed by atoms with Crippen molar-refractivity contribution in [1.29, 1.82) is 0 Å². The first-order valence-electron chi connectivity index (χ1n) is 10.0. The molecule has 0 aliphatic rings. The molecule has 1 aromatic heterocycles. The van der Waals surface area contributed by atoms with E-state index < -0.39 is 5.63 Å². The van der Waals surface area contributed by atoms with Crippen molar-refractivity contribution in [3.63, 3.8) is 0 Å². The number of rotatable bonds is 9. The Hall–Kier alpha value is -3.56. The topological polar surface area (TPSA) is 122 Å². The molecule has 0 unspecified atom stereocenters. The van der Waals surface area contributed by atoms with E-state index in [1.54, 1.807) is 38.1 Å². The van der Waals surface area contributed by atoms with Gasteiger partial charge in [-0.15, -0.1) is 0 Å². The highest BCUT2D eigenvalue weighted by atomic mass is 16.8. The van der Waals surface area contributed by atoms with Gasteiger partial charge in [-0.1, -0.05) is 0 Å². The summed E-state index contributed by atoms with van der Waals surface area (Å²) in [6.45, 7) is 3.88. The van der Waals surface area contributed by atoms with Crippen molar-refractivity contribution >= 4 is 22.6 Å².